The quantitative estimate of drug-likeness (QED) is 0.427. The van der Waals surface area contributed by atoms with Crippen LogP contribution in [0.25, 0.3) is 0 Å². The minimum absolute atomic E-state index is 0.207. The number of nitrogens with one attached hydrogen (secondary N) is 2. The number of benzene rings is 3. The zero-order valence-electron chi connectivity index (χ0n) is 17.4. The van der Waals surface area contributed by atoms with Crippen molar-refractivity contribution in [2.75, 3.05) is 18.5 Å². The zero-order chi connectivity index (χ0) is 22.1. The second-order valence-corrected chi connectivity index (χ2v) is 7.84. The van der Waals surface area contributed by atoms with E-state index in [0.29, 0.717) is 40.2 Å². The summed E-state index contributed by atoms with van der Waals surface area (Å²) in [6.45, 7) is 3.11. The lowest BCUT2D eigenvalue weighted by Crippen LogP contribution is -2.25. The van der Waals surface area contributed by atoms with Crippen LogP contribution in [-0.2, 0) is 6.42 Å². The summed E-state index contributed by atoms with van der Waals surface area (Å²) in [5.41, 5.74) is 2.58. The number of rotatable bonds is 9. The van der Waals surface area contributed by atoms with Crippen LogP contribution in [0.5, 0.6) is 5.75 Å². The number of carbonyl (C=O) groups is 2. The molecule has 6 heteroatoms. The van der Waals surface area contributed by atoms with Crippen molar-refractivity contribution in [2.24, 2.45) is 0 Å². The highest BCUT2D eigenvalue weighted by molar-refractivity contribution is 9.10. The maximum Gasteiger partial charge on any atom is 0.255 e. The molecule has 0 bridgehead atoms. The molecule has 3 aromatic carbocycles. The number of anilines is 1. The van der Waals surface area contributed by atoms with Gasteiger partial charge in [-0.1, -0.05) is 49.4 Å². The van der Waals surface area contributed by atoms with Gasteiger partial charge in [-0.2, -0.15) is 0 Å². The number of halogens is 1. The van der Waals surface area contributed by atoms with E-state index in [0.717, 1.165) is 12.8 Å². The van der Waals surface area contributed by atoms with Gasteiger partial charge >= 0.3 is 0 Å². The Balaban J connectivity index is 1.64. The molecule has 0 radical (unpaired) electrons. The summed E-state index contributed by atoms with van der Waals surface area (Å²) in [5, 5.41) is 5.67. The summed E-state index contributed by atoms with van der Waals surface area (Å²) < 4.78 is 6.55. The SMILES string of the molecule is CCCNC(=O)c1ccccc1NC(=O)c1ccc(OCCc2ccccc2)c(Br)c1. The number of hydrogen-bond acceptors (Lipinski definition) is 3. The zero-order valence-corrected chi connectivity index (χ0v) is 18.9. The fourth-order valence-corrected chi connectivity index (χ4v) is 3.49. The molecule has 0 saturated heterocycles. The molecule has 0 saturated carbocycles. The Morgan fingerprint density at radius 3 is 2.42 bits per heavy atom. The molecule has 0 aliphatic carbocycles. The van der Waals surface area contributed by atoms with Gasteiger partial charge in [0, 0.05) is 18.5 Å². The highest BCUT2D eigenvalue weighted by atomic mass is 79.9. The molecule has 0 fully saturated rings. The Labute approximate surface area is 191 Å². The normalized spacial score (nSPS) is 10.4. The van der Waals surface area contributed by atoms with Gasteiger partial charge in [-0.3, -0.25) is 9.59 Å². The highest BCUT2D eigenvalue weighted by Gasteiger charge is 2.15. The van der Waals surface area contributed by atoms with Gasteiger partial charge in [0.05, 0.1) is 22.3 Å². The Morgan fingerprint density at radius 2 is 1.68 bits per heavy atom. The van der Waals surface area contributed by atoms with Gasteiger partial charge in [0.15, 0.2) is 0 Å². The van der Waals surface area contributed by atoms with Crippen molar-refractivity contribution in [3.63, 3.8) is 0 Å². The first-order chi connectivity index (χ1) is 15.1. The average Bonchev–Trinajstić information content (AvgIpc) is 2.79. The number of amides is 2. The molecule has 3 rings (SSSR count). The predicted octanol–water partition coefficient (Wildman–Crippen LogP) is 5.46. The Morgan fingerprint density at radius 1 is 0.935 bits per heavy atom. The third-order valence-corrected chi connectivity index (χ3v) is 5.26. The van der Waals surface area contributed by atoms with Gasteiger partial charge in [-0.05, 0) is 58.2 Å². The van der Waals surface area contributed by atoms with Crippen LogP contribution >= 0.6 is 15.9 Å². The average molecular weight is 481 g/mol. The molecule has 31 heavy (non-hydrogen) atoms. The largest absolute Gasteiger partial charge is 0.492 e. The molecule has 0 heterocycles. The molecule has 5 nitrogen and oxygen atoms in total. The fraction of sp³-hybridized carbons (Fsp3) is 0.200. The first-order valence-electron chi connectivity index (χ1n) is 10.2. The minimum Gasteiger partial charge on any atom is -0.492 e. The van der Waals surface area contributed by atoms with Crippen LogP contribution in [0.2, 0.25) is 0 Å². The van der Waals surface area contributed by atoms with Gasteiger partial charge in [-0.25, -0.2) is 0 Å². The molecule has 0 aliphatic heterocycles. The first-order valence-corrected chi connectivity index (χ1v) is 11.0. The summed E-state index contributed by atoms with van der Waals surface area (Å²) in [6, 6.07) is 22.3. The number of ether oxygens (including phenoxy) is 1. The van der Waals surface area contributed by atoms with Crippen LogP contribution in [0.3, 0.4) is 0 Å². The molecule has 0 unspecified atom stereocenters. The Bertz CT molecular complexity index is 1040. The van der Waals surface area contributed by atoms with E-state index in [1.54, 1.807) is 42.5 Å². The van der Waals surface area contributed by atoms with Crippen molar-refractivity contribution in [3.05, 3.63) is 94.0 Å². The topological polar surface area (TPSA) is 67.4 Å². The third kappa shape index (κ3) is 6.43. The van der Waals surface area contributed by atoms with Crippen LogP contribution < -0.4 is 15.4 Å². The van der Waals surface area contributed by atoms with Crippen LogP contribution in [0, 0.1) is 0 Å². The van der Waals surface area contributed by atoms with E-state index in [4.69, 9.17) is 4.74 Å². The molecule has 0 atom stereocenters. The summed E-state index contributed by atoms with van der Waals surface area (Å²) >= 11 is 3.48. The fourth-order valence-electron chi connectivity index (χ4n) is 3.00. The molecule has 2 amide bonds. The van der Waals surface area contributed by atoms with Crippen molar-refractivity contribution in [1.29, 1.82) is 0 Å². The van der Waals surface area contributed by atoms with Crippen LogP contribution in [0.4, 0.5) is 5.69 Å². The number of para-hydroxylation sites is 1. The molecular formula is C25H25BrN2O3. The summed E-state index contributed by atoms with van der Waals surface area (Å²) in [4.78, 5) is 25.1. The summed E-state index contributed by atoms with van der Waals surface area (Å²) in [7, 11) is 0. The van der Waals surface area contributed by atoms with Crippen molar-refractivity contribution in [2.45, 2.75) is 19.8 Å². The Hall–Kier alpha value is -3.12. The van der Waals surface area contributed by atoms with E-state index >= 15 is 0 Å². The number of hydrogen-bond donors (Lipinski definition) is 2. The van der Waals surface area contributed by atoms with Crippen molar-refractivity contribution < 1.29 is 14.3 Å². The van der Waals surface area contributed by atoms with E-state index in [1.165, 1.54) is 5.56 Å². The lowest BCUT2D eigenvalue weighted by Gasteiger charge is -2.12. The van der Waals surface area contributed by atoms with E-state index in [-0.39, 0.29) is 11.8 Å². The summed E-state index contributed by atoms with van der Waals surface area (Å²) in [6.07, 6.45) is 1.64. The molecular weight excluding hydrogens is 456 g/mol. The molecule has 0 spiro atoms. The van der Waals surface area contributed by atoms with Crippen LogP contribution in [0.1, 0.15) is 39.6 Å². The summed E-state index contributed by atoms with van der Waals surface area (Å²) in [5.74, 6) is 0.167. The minimum atomic E-state index is -0.299. The van der Waals surface area contributed by atoms with Crippen molar-refractivity contribution >= 4 is 33.4 Å². The highest BCUT2D eigenvalue weighted by Crippen LogP contribution is 2.27. The second kappa shape index (κ2) is 11.3. The van der Waals surface area contributed by atoms with Gasteiger partial charge in [0.2, 0.25) is 0 Å². The number of carbonyl (C=O) groups excluding carboxylic acids is 2. The first kappa shape index (κ1) is 22.6. The van der Waals surface area contributed by atoms with Gasteiger partial charge < -0.3 is 15.4 Å². The van der Waals surface area contributed by atoms with Crippen LogP contribution in [0.15, 0.2) is 77.3 Å². The maximum absolute atomic E-state index is 12.8. The second-order valence-electron chi connectivity index (χ2n) is 6.98. The van der Waals surface area contributed by atoms with Crippen LogP contribution in [-0.4, -0.2) is 25.0 Å². The van der Waals surface area contributed by atoms with Gasteiger partial charge in [0.1, 0.15) is 5.75 Å². The van der Waals surface area contributed by atoms with Crippen molar-refractivity contribution in [3.8, 4) is 5.75 Å². The third-order valence-electron chi connectivity index (χ3n) is 4.64. The standard InChI is InChI=1S/C25H25BrN2O3/c1-2-15-27-25(30)20-10-6-7-11-22(20)28-24(29)19-12-13-23(21(26)17-19)31-16-14-18-8-4-3-5-9-18/h3-13,17H,2,14-16H2,1H3,(H,27,30)(H,28,29). The van der Waals surface area contributed by atoms with Gasteiger partial charge in [-0.15, -0.1) is 0 Å². The van der Waals surface area contributed by atoms with E-state index in [2.05, 4.69) is 38.7 Å². The maximum atomic E-state index is 12.8. The van der Waals surface area contributed by atoms with E-state index in [9.17, 15) is 9.59 Å². The van der Waals surface area contributed by atoms with E-state index < -0.39 is 0 Å². The molecule has 0 aromatic heterocycles. The predicted molar refractivity (Wildman–Crippen MR) is 127 cm³/mol. The molecule has 0 aliphatic rings. The van der Waals surface area contributed by atoms with Crippen molar-refractivity contribution in [1.82, 2.24) is 5.32 Å². The lowest BCUT2D eigenvalue weighted by atomic mass is 10.1. The Kier molecular flexibility index (Phi) is 8.24. The molecule has 3 aromatic rings. The molecule has 160 valence electrons. The smallest absolute Gasteiger partial charge is 0.255 e. The monoisotopic (exact) mass is 480 g/mol. The molecule has 2 N–H and O–H groups in total. The lowest BCUT2D eigenvalue weighted by molar-refractivity contribution is 0.0954. The van der Waals surface area contributed by atoms with Gasteiger partial charge in [0.25, 0.3) is 11.8 Å². The van der Waals surface area contributed by atoms with E-state index in [1.807, 2.05) is 25.1 Å².